The van der Waals surface area contributed by atoms with Crippen LogP contribution in [0.15, 0.2) is 41.6 Å². The molecule has 1 unspecified atom stereocenters. The second-order valence-corrected chi connectivity index (χ2v) is 6.83. The summed E-state index contributed by atoms with van der Waals surface area (Å²) in [6.07, 6.45) is 3.42. The lowest BCUT2D eigenvalue weighted by molar-refractivity contribution is 0.494. The minimum Gasteiger partial charge on any atom is -0.326 e. The van der Waals surface area contributed by atoms with E-state index in [2.05, 4.69) is 9.82 Å². The Hall–Kier alpha value is -1.41. The molecule has 1 atom stereocenters. The Balaban J connectivity index is 2.14. The second-order valence-electron chi connectivity index (χ2n) is 4.71. The van der Waals surface area contributed by atoms with E-state index in [0.717, 1.165) is 0 Å². The van der Waals surface area contributed by atoms with Crippen molar-refractivity contribution in [1.29, 1.82) is 0 Å². The highest BCUT2D eigenvalue weighted by Crippen LogP contribution is 2.20. The maximum Gasteiger partial charge on any atom is 0.240 e. The van der Waals surface area contributed by atoms with Gasteiger partial charge in [-0.15, -0.1) is 0 Å². The van der Waals surface area contributed by atoms with E-state index in [4.69, 9.17) is 17.3 Å². The normalized spacial score (nSPS) is 13.3. The maximum absolute atomic E-state index is 12.3. The number of aromatic nitrogens is 2. The fraction of sp³-hybridized carbons (Fsp3) is 0.308. The Kier molecular flexibility index (Phi) is 5.00. The maximum atomic E-state index is 12.3. The highest BCUT2D eigenvalue weighted by Gasteiger charge is 2.18. The first-order chi connectivity index (χ1) is 9.92. The van der Waals surface area contributed by atoms with E-state index in [1.165, 1.54) is 18.2 Å². The molecule has 8 heteroatoms. The first kappa shape index (κ1) is 16.0. The minimum absolute atomic E-state index is 0.152. The molecule has 2 rings (SSSR count). The quantitative estimate of drug-likeness (QED) is 0.837. The van der Waals surface area contributed by atoms with Gasteiger partial charge in [-0.1, -0.05) is 11.6 Å². The molecule has 3 N–H and O–H groups in total. The number of hydrogen-bond donors (Lipinski definition) is 2. The predicted molar refractivity (Wildman–Crippen MR) is 81.4 cm³/mol. The monoisotopic (exact) mass is 328 g/mol. The van der Waals surface area contributed by atoms with Gasteiger partial charge in [0.15, 0.2) is 0 Å². The zero-order chi connectivity index (χ0) is 15.5. The number of benzene rings is 1. The Morgan fingerprint density at radius 3 is 2.86 bits per heavy atom. The summed E-state index contributed by atoms with van der Waals surface area (Å²) in [5.74, 6) is 0. The summed E-state index contributed by atoms with van der Waals surface area (Å²) in [7, 11) is -3.62. The molecule has 0 amide bonds. The van der Waals surface area contributed by atoms with Crippen LogP contribution >= 0.6 is 11.6 Å². The summed E-state index contributed by atoms with van der Waals surface area (Å²) in [6.45, 7) is 2.41. The molecular formula is C13H17ClN4O2S. The van der Waals surface area contributed by atoms with Gasteiger partial charge in [0.2, 0.25) is 10.0 Å². The van der Waals surface area contributed by atoms with Crippen LogP contribution in [0, 0.1) is 0 Å². The number of halogens is 1. The van der Waals surface area contributed by atoms with Crippen molar-refractivity contribution in [3.8, 4) is 0 Å². The number of rotatable bonds is 6. The molecule has 0 saturated carbocycles. The van der Waals surface area contributed by atoms with Crippen LogP contribution in [0.5, 0.6) is 0 Å². The smallest absolute Gasteiger partial charge is 0.240 e. The van der Waals surface area contributed by atoms with E-state index >= 15 is 0 Å². The van der Waals surface area contributed by atoms with E-state index < -0.39 is 10.0 Å². The largest absolute Gasteiger partial charge is 0.326 e. The number of nitrogens with one attached hydrogen (secondary N) is 1. The molecule has 0 aliphatic heterocycles. The van der Waals surface area contributed by atoms with Crippen molar-refractivity contribution in [3.63, 3.8) is 0 Å². The van der Waals surface area contributed by atoms with Gasteiger partial charge in [0.25, 0.3) is 0 Å². The van der Waals surface area contributed by atoms with Gasteiger partial charge in [0, 0.05) is 30.0 Å². The van der Waals surface area contributed by atoms with E-state index in [9.17, 15) is 8.42 Å². The van der Waals surface area contributed by atoms with Crippen molar-refractivity contribution in [1.82, 2.24) is 14.5 Å². The summed E-state index contributed by atoms with van der Waals surface area (Å²) in [5, 5.41) is 4.51. The fourth-order valence-corrected chi connectivity index (χ4v) is 3.41. The average Bonchev–Trinajstić information content (AvgIpc) is 2.91. The molecule has 114 valence electrons. The van der Waals surface area contributed by atoms with Gasteiger partial charge in [-0.05, 0) is 36.8 Å². The summed E-state index contributed by atoms with van der Waals surface area (Å²) in [4.78, 5) is 0.152. The average molecular weight is 329 g/mol. The van der Waals surface area contributed by atoms with E-state index in [-0.39, 0.29) is 17.5 Å². The van der Waals surface area contributed by atoms with Crippen molar-refractivity contribution < 1.29 is 8.42 Å². The van der Waals surface area contributed by atoms with Crippen LogP contribution < -0.4 is 10.5 Å². The van der Waals surface area contributed by atoms with Crippen molar-refractivity contribution in [3.05, 3.63) is 47.2 Å². The topological polar surface area (TPSA) is 90.0 Å². The first-order valence-electron chi connectivity index (χ1n) is 6.40. The molecule has 0 bridgehead atoms. The van der Waals surface area contributed by atoms with Crippen LogP contribution in [0.25, 0.3) is 0 Å². The number of sulfonamides is 1. The fourth-order valence-electron chi connectivity index (χ4n) is 1.93. The summed E-state index contributed by atoms with van der Waals surface area (Å²) >= 11 is 5.94. The molecule has 0 fully saturated rings. The molecule has 2 aromatic rings. The van der Waals surface area contributed by atoms with Gasteiger partial charge in [-0.25, -0.2) is 13.1 Å². The van der Waals surface area contributed by atoms with Gasteiger partial charge >= 0.3 is 0 Å². The first-order valence-corrected chi connectivity index (χ1v) is 8.27. The van der Waals surface area contributed by atoms with E-state index in [0.29, 0.717) is 17.1 Å². The molecule has 0 radical (unpaired) electrons. The minimum atomic E-state index is -3.62. The Morgan fingerprint density at radius 1 is 1.48 bits per heavy atom. The van der Waals surface area contributed by atoms with Gasteiger partial charge < -0.3 is 5.73 Å². The third-order valence-corrected chi connectivity index (χ3v) is 4.88. The number of nitrogens with two attached hydrogens (primary N) is 1. The zero-order valence-corrected chi connectivity index (χ0v) is 13.1. The van der Waals surface area contributed by atoms with Crippen LogP contribution in [0.1, 0.15) is 12.5 Å². The van der Waals surface area contributed by atoms with Gasteiger partial charge in [-0.2, -0.15) is 5.10 Å². The van der Waals surface area contributed by atoms with Crippen LogP contribution in [-0.4, -0.2) is 24.2 Å². The molecule has 0 saturated heterocycles. The van der Waals surface area contributed by atoms with Gasteiger partial charge in [-0.3, -0.25) is 4.68 Å². The van der Waals surface area contributed by atoms with Crippen molar-refractivity contribution >= 4 is 21.6 Å². The molecule has 0 aliphatic rings. The zero-order valence-electron chi connectivity index (χ0n) is 11.5. The summed E-state index contributed by atoms with van der Waals surface area (Å²) in [5.41, 5.74) is 6.14. The van der Waals surface area contributed by atoms with Crippen LogP contribution in [0.4, 0.5) is 0 Å². The van der Waals surface area contributed by atoms with Gasteiger partial charge in [0.1, 0.15) is 0 Å². The summed E-state index contributed by atoms with van der Waals surface area (Å²) in [6, 6.07) is 5.98. The van der Waals surface area contributed by atoms with E-state index in [1.807, 2.05) is 0 Å². The molecule has 6 nitrogen and oxygen atoms in total. The number of nitrogens with zero attached hydrogens (tertiary/aromatic N) is 2. The van der Waals surface area contributed by atoms with Crippen molar-refractivity contribution in [2.45, 2.75) is 31.0 Å². The van der Waals surface area contributed by atoms with E-state index in [1.54, 1.807) is 30.1 Å². The number of hydrogen-bond acceptors (Lipinski definition) is 4. The van der Waals surface area contributed by atoms with Crippen molar-refractivity contribution in [2.24, 2.45) is 5.73 Å². The molecule has 0 spiro atoms. The second kappa shape index (κ2) is 6.57. The summed E-state index contributed by atoms with van der Waals surface area (Å²) < 4.78 is 28.9. The van der Waals surface area contributed by atoms with Crippen LogP contribution in [-0.2, 0) is 23.1 Å². The van der Waals surface area contributed by atoms with Crippen LogP contribution in [0.2, 0.25) is 5.02 Å². The van der Waals surface area contributed by atoms with Gasteiger partial charge in [0.05, 0.1) is 11.4 Å². The molecule has 21 heavy (non-hydrogen) atoms. The SMILES string of the molecule is CC(Cn1cccn1)NS(=O)(=O)c1ccc(Cl)c(CN)c1. The molecule has 1 heterocycles. The highest BCUT2D eigenvalue weighted by atomic mass is 35.5. The third kappa shape index (κ3) is 4.04. The molecule has 1 aromatic heterocycles. The van der Waals surface area contributed by atoms with Crippen LogP contribution in [0.3, 0.4) is 0 Å². The lowest BCUT2D eigenvalue weighted by Gasteiger charge is -2.15. The Labute approximate surface area is 129 Å². The Bertz CT molecular complexity index is 701. The standard InChI is InChI=1S/C13H17ClN4O2S/c1-10(9-18-6-2-5-16-18)17-21(19,20)12-3-4-13(14)11(7-12)8-15/h2-7,10,17H,8-9,15H2,1H3. The molecule has 1 aromatic carbocycles. The predicted octanol–water partition coefficient (Wildman–Crippen LogP) is 1.36. The molecular weight excluding hydrogens is 312 g/mol. The molecule has 0 aliphatic carbocycles. The highest BCUT2D eigenvalue weighted by molar-refractivity contribution is 7.89. The lowest BCUT2D eigenvalue weighted by Crippen LogP contribution is -2.35. The Morgan fingerprint density at radius 2 is 2.24 bits per heavy atom. The lowest BCUT2D eigenvalue weighted by atomic mass is 10.2. The third-order valence-electron chi connectivity index (χ3n) is 2.92. The van der Waals surface area contributed by atoms with Crippen molar-refractivity contribution in [2.75, 3.05) is 0 Å².